The number of nitrogens with one attached hydrogen (secondary N) is 1. The van der Waals surface area contributed by atoms with Crippen LogP contribution in [0.15, 0.2) is 48.5 Å². The molecule has 0 heterocycles. The van der Waals surface area contributed by atoms with Crippen LogP contribution in [0.3, 0.4) is 0 Å². The molecule has 0 fully saturated rings. The molecule has 2 heteroatoms. The minimum absolute atomic E-state index is 0.207. The highest BCUT2D eigenvalue weighted by Gasteiger charge is 2.13. The van der Waals surface area contributed by atoms with E-state index in [2.05, 4.69) is 88.5 Å². The van der Waals surface area contributed by atoms with Gasteiger partial charge in [-0.2, -0.15) is 0 Å². The quantitative estimate of drug-likeness (QED) is 0.526. The summed E-state index contributed by atoms with van der Waals surface area (Å²) in [7, 11) is 0. The first-order valence-corrected chi connectivity index (χ1v) is 9.99. The van der Waals surface area contributed by atoms with E-state index >= 15 is 0 Å². The molecule has 1 N–H and O–H groups in total. The molecule has 1 unspecified atom stereocenters. The van der Waals surface area contributed by atoms with E-state index < -0.39 is 0 Å². The van der Waals surface area contributed by atoms with E-state index in [0.717, 1.165) is 38.2 Å². The molecule has 0 aliphatic rings. The highest BCUT2D eigenvalue weighted by Crippen LogP contribution is 2.23. The smallest absolute Gasteiger partial charge is 0.119 e. The first-order chi connectivity index (χ1) is 12.4. The topological polar surface area (TPSA) is 21.3 Å². The summed E-state index contributed by atoms with van der Waals surface area (Å²) in [5.74, 6) is 0.967. The first-order valence-electron chi connectivity index (χ1n) is 9.99. The fraction of sp³-hybridized carbons (Fsp3) is 0.500. The van der Waals surface area contributed by atoms with Gasteiger partial charge in [-0.1, -0.05) is 77.4 Å². The SMILES string of the molecule is CCCCOc1ccc(C(CC)NCc2ccc(C(C)(C)C)cc2)cc1. The maximum Gasteiger partial charge on any atom is 0.119 e. The lowest BCUT2D eigenvalue weighted by atomic mass is 9.87. The maximum absolute atomic E-state index is 5.76. The van der Waals surface area contributed by atoms with Crippen LogP contribution in [0.5, 0.6) is 5.75 Å². The van der Waals surface area contributed by atoms with Gasteiger partial charge in [-0.3, -0.25) is 0 Å². The molecule has 2 aromatic rings. The Hall–Kier alpha value is -1.80. The predicted octanol–water partition coefficient (Wildman–Crippen LogP) is 6.40. The van der Waals surface area contributed by atoms with E-state index in [9.17, 15) is 0 Å². The van der Waals surface area contributed by atoms with Crippen molar-refractivity contribution in [2.24, 2.45) is 0 Å². The molecule has 2 nitrogen and oxygen atoms in total. The van der Waals surface area contributed by atoms with Crippen molar-refractivity contribution in [3.05, 3.63) is 65.2 Å². The number of hydrogen-bond donors (Lipinski definition) is 1. The third-order valence-corrected chi connectivity index (χ3v) is 4.83. The molecule has 26 heavy (non-hydrogen) atoms. The van der Waals surface area contributed by atoms with Crippen LogP contribution in [-0.2, 0) is 12.0 Å². The summed E-state index contributed by atoms with van der Waals surface area (Å²) in [6, 6.07) is 17.9. The van der Waals surface area contributed by atoms with Crippen molar-refractivity contribution in [3.8, 4) is 5.75 Å². The van der Waals surface area contributed by atoms with E-state index in [-0.39, 0.29) is 5.41 Å². The highest BCUT2D eigenvalue weighted by atomic mass is 16.5. The Balaban J connectivity index is 1.92. The summed E-state index contributed by atoms with van der Waals surface area (Å²) in [5, 5.41) is 3.69. The van der Waals surface area contributed by atoms with Crippen molar-refractivity contribution in [1.29, 1.82) is 0 Å². The summed E-state index contributed by atoms with van der Waals surface area (Å²) in [4.78, 5) is 0. The van der Waals surface area contributed by atoms with Gasteiger partial charge in [-0.05, 0) is 47.1 Å². The van der Waals surface area contributed by atoms with Crippen LogP contribution in [0.25, 0.3) is 0 Å². The molecular formula is C24H35NO. The number of benzene rings is 2. The van der Waals surface area contributed by atoms with Gasteiger partial charge in [0.15, 0.2) is 0 Å². The van der Waals surface area contributed by atoms with Crippen molar-refractivity contribution in [1.82, 2.24) is 5.32 Å². The Morgan fingerprint density at radius 3 is 2.12 bits per heavy atom. The van der Waals surface area contributed by atoms with Crippen molar-refractivity contribution in [2.75, 3.05) is 6.61 Å². The van der Waals surface area contributed by atoms with Crippen LogP contribution in [0.2, 0.25) is 0 Å². The molecule has 0 radical (unpaired) electrons. The molecule has 0 aromatic heterocycles. The standard InChI is InChI=1S/C24H35NO/c1-6-8-17-26-22-15-11-20(12-16-22)23(7-2)25-18-19-9-13-21(14-10-19)24(3,4)5/h9-16,23,25H,6-8,17-18H2,1-5H3. The van der Waals surface area contributed by atoms with Crippen molar-refractivity contribution < 1.29 is 4.74 Å². The molecule has 0 aliphatic heterocycles. The molecule has 2 aromatic carbocycles. The third-order valence-electron chi connectivity index (χ3n) is 4.83. The second-order valence-corrected chi connectivity index (χ2v) is 8.06. The minimum Gasteiger partial charge on any atom is -0.494 e. The molecule has 1 atom stereocenters. The first kappa shape index (κ1) is 20.5. The molecular weight excluding hydrogens is 318 g/mol. The number of ether oxygens (including phenoxy) is 1. The number of unbranched alkanes of at least 4 members (excludes halogenated alkanes) is 1. The van der Waals surface area contributed by atoms with E-state index in [1.165, 1.54) is 16.7 Å². The van der Waals surface area contributed by atoms with Gasteiger partial charge in [-0.15, -0.1) is 0 Å². The molecule has 0 spiro atoms. The number of hydrogen-bond acceptors (Lipinski definition) is 2. The minimum atomic E-state index is 0.207. The zero-order valence-corrected chi connectivity index (χ0v) is 17.1. The zero-order chi connectivity index (χ0) is 19.0. The summed E-state index contributed by atoms with van der Waals surface area (Å²) in [5.41, 5.74) is 4.24. The summed E-state index contributed by atoms with van der Waals surface area (Å²) in [6.45, 7) is 12.9. The molecule has 0 bridgehead atoms. The predicted molar refractivity (Wildman–Crippen MR) is 112 cm³/mol. The average molecular weight is 354 g/mol. The second kappa shape index (κ2) is 9.78. The van der Waals surface area contributed by atoms with Crippen LogP contribution in [0, 0.1) is 0 Å². The van der Waals surface area contributed by atoms with Crippen LogP contribution in [0.1, 0.15) is 76.6 Å². The van der Waals surface area contributed by atoms with Gasteiger partial charge in [0.05, 0.1) is 6.61 Å². The summed E-state index contributed by atoms with van der Waals surface area (Å²) >= 11 is 0. The van der Waals surface area contributed by atoms with Gasteiger partial charge in [-0.25, -0.2) is 0 Å². The molecule has 0 saturated heterocycles. The van der Waals surface area contributed by atoms with Crippen molar-refractivity contribution in [2.45, 2.75) is 71.9 Å². The monoisotopic (exact) mass is 353 g/mol. The third kappa shape index (κ3) is 6.17. The second-order valence-electron chi connectivity index (χ2n) is 8.06. The molecule has 142 valence electrons. The van der Waals surface area contributed by atoms with Crippen molar-refractivity contribution >= 4 is 0 Å². The summed E-state index contributed by atoms with van der Waals surface area (Å²) in [6.07, 6.45) is 3.33. The Kier molecular flexibility index (Phi) is 7.71. The van der Waals surface area contributed by atoms with Gasteiger partial charge in [0.2, 0.25) is 0 Å². The van der Waals surface area contributed by atoms with Gasteiger partial charge in [0.1, 0.15) is 5.75 Å². The fourth-order valence-corrected chi connectivity index (χ4v) is 2.99. The Bertz CT molecular complexity index is 637. The molecule has 2 rings (SSSR count). The van der Waals surface area contributed by atoms with E-state index in [1.807, 2.05) is 0 Å². The van der Waals surface area contributed by atoms with Gasteiger partial charge < -0.3 is 10.1 Å². The Morgan fingerprint density at radius 2 is 1.58 bits per heavy atom. The largest absolute Gasteiger partial charge is 0.494 e. The Morgan fingerprint density at radius 1 is 0.923 bits per heavy atom. The van der Waals surface area contributed by atoms with Gasteiger partial charge in [0, 0.05) is 12.6 Å². The van der Waals surface area contributed by atoms with E-state index in [1.54, 1.807) is 0 Å². The molecule has 0 aliphatic carbocycles. The van der Waals surface area contributed by atoms with E-state index in [4.69, 9.17) is 4.74 Å². The van der Waals surface area contributed by atoms with Crippen LogP contribution in [-0.4, -0.2) is 6.61 Å². The average Bonchev–Trinajstić information content (AvgIpc) is 2.63. The maximum atomic E-state index is 5.76. The van der Waals surface area contributed by atoms with Crippen molar-refractivity contribution in [3.63, 3.8) is 0 Å². The lowest BCUT2D eigenvalue weighted by Crippen LogP contribution is -2.20. The van der Waals surface area contributed by atoms with Crippen LogP contribution >= 0.6 is 0 Å². The fourth-order valence-electron chi connectivity index (χ4n) is 2.99. The Labute approximate surface area is 160 Å². The van der Waals surface area contributed by atoms with Crippen LogP contribution in [0.4, 0.5) is 0 Å². The molecule has 0 saturated carbocycles. The molecule has 0 amide bonds. The van der Waals surface area contributed by atoms with Gasteiger partial charge >= 0.3 is 0 Å². The van der Waals surface area contributed by atoms with E-state index in [0.29, 0.717) is 6.04 Å². The van der Waals surface area contributed by atoms with Gasteiger partial charge in [0.25, 0.3) is 0 Å². The normalized spacial score (nSPS) is 12.8. The van der Waals surface area contributed by atoms with Crippen LogP contribution < -0.4 is 10.1 Å². The summed E-state index contributed by atoms with van der Waals surface area (Å²) < 4.78 is 5.76. The lowest BCUT2D eigenvalue weighted by molar-refractivity contribution is 0.309. The zero-order valence-electron chi connectivity index (χ0n) is 17.1. The number of rotatable bonds is 9. The highest BCUT2D eigenvalue weighted by molar-refractivity contribution is 5.30. The lowest BCUT2D eigenvalue weighted by Gasteiger charge is -2.20.